The van der Waals surface area contributed by atoms with Crippen LogP contribution in [0.15, 0.2) is 18.2 Å². The van der Waals surface area contributed by atoms with Crippen LogP contribution in [0.5, 0.6) is 0 Å². The largest absolute Gasteiger partial charge is 0.385 e. The summed E-state index contributed by atoms with van der Waals surface area (Å²) in [4.78, 5) is 9.95. The van der Waals surface area contributed by atoms with Crippen LogP contribution in [0.3, 0.4) is 0 Å². The first-order chi connectivity index (χ1) is 9.37. The Labute approximate surface area is 118 Å². The van der Waals surface area contributed by atoms with E-state index < -0.39 is 16.4 Å². The van der Waals surface area contributed by atoms with Gasteiger partial charge in [-0.2, -0.15) is 4.39 Å². The van der Waals surface area contributed by atoms with Gasteiger partial charge in [0.05, 0.1) is 4.92 Å². The molecule has 1 rings (SSSR count). The van der Waals surface area contributed by atoms with E-state index in [4.69, 9.17) is 4.74 Å². The van der Waals surface area contributed by atoms with E-state index in [1.807, 2.05) is 0 Å². The van der Waals surface area contributed by atoms with E-state index in [0.717, 1.165) is 6.42 Å². The predicted octanol–water partition coefficient (Wildman–Crippen LogP) is 2.89. The summed E-state index contributed by atoms with van der Waals surface area (Å²) in [5.41, 5.74) is -0.155. The number of ether oxygens (including phenoxy) is 1. The lowest BCUT2D eigenvalue weighted by Crippen LogP contribution is -2.30. The van der Waals surface area contributed by atoms with Gasteiger partial charge in [0.25, 0.3) is 0 Å². The molecule has 0 radical (unpaired) electrons. The minimum Gasteiger partial charge on any atom is -0.385 e. The highest BCUT2D eigenvalue weighted by molar-refractivity contribution is 5.36. The van der Waals surface area contributed by atoms with E-state index >= 15 is 0 Å². The maximum atomic E-state index is 13.8. The molecule has 0 fully saturated rings. The number of methoxy groups -OCH3 is 1. The molecule has 0 aliphatic carbocycles. The zero-order valence-corrected chi connectivity index (χ0v) is 12.1. The standard InChI is InChI=1S/C14H21FN2O3/c1-14(2,7-8-20-3)10-16-9-11-5-4-6-12(13(11)15)17(18)19/h4-6,16H,7-10H2,1-3H3. The number of benzene rings is 1. The van der Waals surface area contributed by atoms with E-state index in [1.165, 1.54) is 12.1 Å². The molecule has 0 amide bonds. The minimum atomic E-state index is -0.764. The van der Waals surface area contributed by atoms with Crippen molar-refractivity contribution in [1.82, 2.24) is 5.32 Å². The average molecular weight is 284 g/mol. The monoisotopic (exact) mass is 284 g/mol. The van der Waals surface area contributed by atoms with Gasteiger partial charge in [-0.05, 0) is 11.8 Å². The van der Waals surface area contributed by atoms with E-state index in [1.54, 1.807) is 13.2 Å². The van der Waals surface area contributed by atoms with Gasteiger partial charge >= 0.3 is 5.69 Å². The average Bonchev–Trinajstić information content (AvgIpc) is 2.38. The van der Waals surface area contributed by atoms with Gasteiger partial charge in [-0.25, -0.2) is 0 Å². The second-order valence-electron chi connectivity index (χ2n) is 5.52. The molecule has 0 saturated heterocycles. The number of nitrogens with zero attached hydrogens (tertiary/aromatic N) is 1. The Hall–Kier alpha value is -1.53. The molecule has 0 unspecified atom stereocenters. The third-order valence-electron chi connectivity index (χ3n) is 3.16. The first kappa shape index (κ1) is 16.5. The van der Waals surface area contributed by atoms with Gasteiger partial charge in [-0.3, -0.25) is 10.1 Å². The smallest absolute Gasteiger partial charge is 0.305 e. The Bertz CT molecular complexity index is 464. The summed E-state index contributed by atoms with van der Waals surface area (Å²) in [6.07, 6.45) is 0.883. The fourth-order valence-electron chi connectivity index (χ4n) is 1.85. The fraction of sp³-hybridized carbons (Fsp3) is 0.571. The number of halogens is 1. The Morgan fingerprint density at radius 3 is 2.75 bits per heavy atom. The first-order valence-electron chi connectivity index (χ1n) is 6.49. The molecule has 1 aromatic carbocycles. The van der Waals surface area contributed by atoms with Crippen LogP contribution in [0.4, 0.5) is 10.1 Å². The summed E-state index contributed by atoms with van der Waals surface area (Å²) in [5.74, 6) is -0.764. The van der Waals surface area contributed by atoms with Crippen LogP contribution < -0.4 is 5.32 Å². The Balaban J connectivity index is 2.58. The molecule has 0 atom stereocenters. The lowest BCUT2D eigenvalue weighted by atomic mass is 9.89. The molecular weight excluding hydrogens is 263 g/mol. The van der Waals surface area contributed by atoms with Crippen LogP contribution in [0.2, 0.25) is 0 Å². The molecule has 0 aromatic heterocycles. The maximum Gasteiger partial charge on any atom is 0.305 e. The van der Waals surface area contributed by atoms with Crippen LogP contribution in [-0.2, 0) is 11.3 Å². The third kappa shape index (κ3) is 4.86. The van der Waals surface area contributed by atoms with Crippen LogP contribution in [0.25, 0.3) is 0 Å². The van der Waals surface area contributed by atoms with Crippen LogP contribution in [-0.4, -0.2) is 25.2 Å². The van der Waals surface area contributed by atoms with Crippen molar-refractivity contribution < 1.29 is 14.1 Å². The number of rotatable bonds is 8. The predicted molar refractivity (Wildman–Crippen MR) is 75.0 cm³/mol. The maximum absolute atomic E-state index is 13.8. The van der Waals surface area contributed by atoms with E-state index in [-0.39, 0.29) is 12.0 Å². The number of nitro benzene ring substituents is 1. The molecule has 1 aromatic rings. The molecule has 0 spiro atoms. The fourth-order valence-corrected chi connectivity index (χ4v) is 1.85. The van der Waals surface area contributed by atoms with Crippen molar-refractivity contribution in [2.75, 3.05) is 20.3 Å². The summed E-state index contributed by atoms with van der Waals surface area (Å²) in [6, 6.07) is 4.22. The third-order valence-corrected chi connectivity index (χ3v) is 3.16. The van der Waals surface area contributed by atoms with Crippen molar-refractivity contribution >= 4 is 5.69 Å². The van der Waals surface area contributed by atoms with Crippen molar-refractivity contribution in [2.45, 2.75) is 26.8 Å². The van der Waals surface area contributed by atoms with Gasteiger partial charge in [-0.1, -0.05) is 26.0 Å². The first-order valence-corrected chi connectivity index (χ1v) is 6.49. The molecule has 0 aliphatic rings. The molecule has 1 N–H and O–H groups in total. The van der Waals surface area contributed by atoms with Crippen molar-refractivity contribution in [3.63, 3.8) is 0 Å². The number of nitro groups is 1. The second kappa shape index (κ2) is 7.31. The van der Waals surface area contributed by atoms with Gasteiger partial charge in [0.1, 0.15) is 0 Å². The molecule has 0 bridgehead atoms. The van der Waals surface area contributed by atoms with Gasteiger partial charge in [0, 0.05) is 38.4 Å². The molecule has 6 heteroatoms. The van der Waals surface area contributed by atoms with E-state index in [9.17, 15) is 14.5 Å². The summed E-state index contributed by atoms with van der Waals surface area (Å²) in [7, 11) is 1.65. The number of hydrogen-bond donors (Lipinski definition) is 1. The topological polar surface area (TPSA) is 64.4 Å². The Morgan fingerprint density at radius 2 is 2.15 bits per heavy atom. The van der Waals surface area contributed by atoms with E-state index in [0.29, 0.717) is 18.7 Å². The van der Waals surface area contributed by atoms with Crippen molar-refractivity contribution in [1.29, 1.82) is 0 Å². The lowest BCUT2D eigenvalue weighted by Gasteiger charge is -2.24. The summed E-state index contributed by atoms with van der Waals surface area (Å²) >= 11 is 0. The highest BCUT2D eigenvalue weighted by Gasteiger charge is 2.19. The van der Waals surface area contributed by atoms with Crippen molar-refractivity contribution in [3.8, 4) is 0 Å². The molecule has 20 heavy (non-hydrogen) atoms. The van der Waals surface area contributed by atoms with Crippen molar-refractivity contribution in [2.24, 2.45) is 5.41 Å². The van der Waals surface area contributed by atoms with Gasteiger partial charge < -0.3 is 10.1 Å². The summed E-state index contributed by atoms with van der Waals surface area (Å²) in [5, 5.41) is 13.8. The molecule has 112 valence electrons. The zero-order chi connectivity index (χ0) is 15.2. The lowest BCUT2D eigenvalue weighted by molar-refractivity contribution is -0.387. The molecule has 0 aliphatic heterocycles. The number of hydrogen-bond acceptors (Lipinski definition) is 4. The Kier molecular flexibility index (Phi) is 6.04. The highest BCUT2D eigenvalue weighted by Crippen LogP contribution is 2.21. The quantitative estimate of drug-likeness (QED) is 0.589. The minimum absolute atomic E-state index is 0.0210. The van der Waals surface area contributed by atoms with Gasteiger partial charge in [0.15, 0.2) is 0 Å². The SMILES string of the molecule is COCCC(C)(C)CNCc1cccc([N+](=O)[O-])c1F. The van der Waals surface area contributed by atoms with E-state index in [2.05, 4.69) is 19.2 Å². The highest BCUT2D eigenvalue weighted by atomic mass is 19.1. The molecular formula is C14H21FN2O3. The van der Waals surface area contributed by atoms with Crippen LogP contribution >= 0.6 is 0 Å². The Morgan fingerprint density at radius 1 is 1.45 bits per heavy atom. The number of nitrogens with one attached hydrogen (secondary N) is 1. The normalized spacial score (nSPS) is 11.6. The zero-order valence-electron chi connectivity index (χ0n) is 12.1. The molecule has 0 saturated carbocycles. The van der Waals surface area contributed by atoms with Crippen LogP contribution in [0, 0.1) is 21.3 Å². The summed E-state index contributed by atoms with van der Waals surface area (Å²) in [6.45, 7) is 5.79. The van der Waals surface area contributed by atoms with Gasteiger partial charge in [0.2, 0.25) is 5.82 Å². The van der Waals surface area contributed by atoms with Crippen molar-refractivity contribution in [3.05, 3.63) is 39.7 Å². The molecule has 0 heterocycles. The second-order valence-corrected chi connectivity index (χ2v) is 5.52. The van der Waals surface area contributed by atoms with Gasteiger partial charge in [-0.15, -0.1) is 0 Å². The summed E-state index contributed by atoms with van der Waals surface area (Å²) < 4.78 is 18.9. The van der Waals surface area contributed by atoms with Crippen LogP contribution in [0.1, 0.15) is 25.8 Å². The molecule has 5 nitrogen and oxygen atoms in total.